The van der Waals surface area contributed by atoms with Crippen LogP contribution in [0.3, 0.4) is 0 Å². The van der Waals surface area contributed by atoms with Crippen LogP contribution >= 0.6 is 0 Å². The van der Waals surface area contributed by atoms with Gasteiger partial charge in [-0.3, -0.25) is 19.3 Å². The zero-order valence-corrected chi connectivity index (χ0v) is 54.4. The summed E-state index contributed by atoms with van der Waals surface area (Å²) in [6.45, 7) is 29.4. The molecule has 0 saturated carbocycles. The topological polar surface area (TPSA) is 72.9 Å². The monoisotopic (exact) mass is 1110 g/mol. The molecule has 1 heterocycles. The number of carbonyl (C=O) groups excluding carboxylic acids is 3. The largest absolute Gasteiger partial charge is 0.462 e. The van der Waals surface area contributed by atoms with E-state index in [1.54, 1.807) is 6.92 Å². The van der Waals surface area contributed by atoms with E-state index in [0.717, 1.165) is 129 Å². The van der Waals surface area contributed by atoms with Gasteiger partial charge in [0.1, 0.15) is 11.9 Å². The van der Waals surface area contributed by atoms with E-state index in [2.05, 4.69) is 79.9 Å². The third-order valence-corrected chi connectivity index (χ3v) is 17.8. The van der Waals surface area contributed by atoms with Gasteiger partial charge in [0.2, 0.25) is 0 Å². The van der Waals surface area contributed by atoms with Crippen LogP contribution < -0.4 is 0 Å². The second-order valence-electron chi connectivity index (χ2n) is 26.0. The molecule has 0 N–H and O–H groups in total. The summed E-state index contributed by atoms with van der Waals surface area (Å²) in [7, 11) is 0. The fourth-order valence-electron chi connectivity index (χ4n) is 11.7. The third-order valence-electron chi connectivity index (χ3n) is 17.8. The maximum absolute atomic E-state index is 13.1. The number of esters is 1. The van der Waals surface area contributed by atoms with E-state index in [-0.39, 0.29) is 41.9 Å². The third kappa shape index (κ3) is 47.3. The van der Waals surface area contributed by atoms with E-state index in [1.807, 2.05) is 12.2 Å². The lowest BCUT2D eigenvalue weighted by molar-refractivity contribution is -0.150. The van der Waals surface area contributed by atoms with Gasteiger partial charge in [-0.05, 0) is 120 Å². The van der Waals surface area contributed by atoms with Gasteiger partial charge in [0.25, 0.3) is 0 Å². The maximum atomic E-state index is 13.1. The molecular weight excluding hydrogens is 971 g/mol. The molecule has 1 rings (SSSR count). The molecule has 1 aliphatic heterocycles. The molecule has 0 bridgehead atoms. The summed E-state index contributed by atoms with van der Waals surface area (Å²) in [5.74, 6) is 1.98. The number of Topliss-reactive ketones (excluding diaryl/α,β-unsaturated/α-hetero) is 1. The number of allylic oxidation sites excluding steroid dienone is 2. The SMILES string of the molecule is C.C=CCCC(C)(CCCC)CCC(=O)C=C[C@H]1C[C@@H](COCCCCCCCC(=O)OC(CCCCCCCC)CCCCCCCC)N(CCCCCCC(C)(C)C(C)=O)C1.CCCCCC(CCCCC)CCCCC. The Morgan fingerprint density at radius 2 is 1.04 bits per heavy atom. The van der Waals surface area contributed by atoms with Gasteiger partial charge >= 0.3 is 5.97 Å². The van der Waals surface area contributed by atoms with Crippen molar-refractivity contribution in [3.05, 3.63) is 24.8 Å². The molecule has 0 aromatic rings. The van der Waals surface area contributed by atoms with Crippen LogP contribution in [0.2, 0.25) is 0 Å². The van der Waals surface area contributed by atoms with Crippen LogP contribution in [0.1, 0.15) is 366 Å². The van der Waals surface area contributed by atoms with E-state index in [0.29, 0.717) is 24.8 Å². The van der Waals surface area contributed by atoms with Crippen molar-refractivity contribution < 1.29 is 23.9 Å². The van der Waals surface area contributed by atoms with Crippen LogP contribution in [0.15, 0.2) is 24.8 Å². The Bertz CT molecular complexity index is 1370. The van der Waals surface area contributed by atoms with Crippen LogP contribution in [0.4, 0.5) is 0 Å². The summed E-state index contributed by atoms with van der Waals surface area (Å²) >= 11 is 0. The Kier molecular flexibility index (Phi) is 55.6. The summed E-state index contributed by atoms with van der Waals surface area (Å²) in [6.07, 6.45) is 60.7. The number of ketones is 2. The number of carbonyl (C=O) groups is 3. The first kappa shape index (κ1) is 79.3. The summed E-state index contributed by atoms with van der Waals surface area (Å²) in [4.78, 5) is 40.5. The molecule has 6 heteroatoms. The number of ether oxygens (including phenoxy) is 2. The van der Waals surface area contributed by atoms with Crippen molar-refractivity contribution in [3.63, 3.8) is 0 Å². The van der Waals surface area contributed by atoms with Crippen LogP contribution in [0.5, 0.6) is 0 Å². The molecule has 1 aliphatic rings. The van der Waals surface area contributed by atoms with Gasteiger partial charge in [-0.25, -0.2) is 0 Å². The lowest BCUT2D eigenvalue weighted by Gasteiger charge is -2.29. The highest BCUT2D eigenvalue weighted by atomic mass is 16.5. The van der Waals surface area contributed by atoms with Gasteiger partial charge in [-0.1, -0.05) is 275 Å². The fourth-order valence-corrected chi connectivity index (χ4v) is 11.7. The summed E-state index contributed by atoms with van der Waals surface area (Å²) in [6, 6.07) is 0.379. The van der Waals surface area contributed by atoms with Crippen molar-refractivity contribution in [1.82, 2.24) is 4.90 Å². The molecule has 0 radical (unpaired) electrons. The average molecular weight is 1110 g/mol. The van der Waals surface area contributed by atoms with Gasteiger partial charge in [0.05, 0.1) is 6.61 Å². The van der Waals surface area contributed by atoms with Crippen molar-refractivity contribution in [1.29, 1.82) is 0 Å². The van der Waals surface area contributed by atoms with E-state index in [4.69, 9.17) is 9.47 Å². The number of unbranched alkanes of at least 4 members (excludes halogenated alkanes) is 24. The van der Waals surface area contributed by atoms with Gasteiger partial charge in [-0.2, -0.15) is 0 Å². The van der Waals surface area contributed by atoms with Gasteiger partial charge in [0, 0.05) is 37.5 Å². The average Bonchev–Trinajstić information content (AvgIpc) is 3.82. The minimum absolute atomic E-state index is 0. The van der Waals surface area contributed by atoms with Crippen LogP contribution in [-0.2, 0) is 23.9 Å². The summed E-state index contributed by atoms with van der Waals surface area (Å²) in [5.41, 5.74) is -0.00965. The molecule has 79 heavy (non-hydrogen) atoms. The molecule has 1 saturated heterocycles. The first-order chi connectivity index (χ1) is 37.7. The molecule has 1 unspecified atom stereocenters. The minimum atomic E-state index is -0.217. The normalized spacial score (nSPS) is 15.6. The van der Waals surface area contributed by atoms with E-state index >= 15 is 0 Å². The number of rotatable bonds is 56. The highest BCUT2D eigenvalue weighted by Gasteiger charge is 2.31. The van der Waals surface area contributed by atoms with Crippen molar-refractivity contribution in [2.45, 2.75) is 378 Å². The summed E-state index contributed by atoms with van der Waals surface area (Å²) < 4.78 is 12.4. The Labute approximate surface area is 495 Å². The predicted octanol–water partition coefficient (Wildman–Crippen LogP) is 23.1. The number of likely N-dealkylation sites (tertiary alicyclic amines) is 1. The molecule has 468 valence electrons. The van der Waals surface area contributed by atoms with E-state index in [9.17, 15) is 14.4 Å². The van der Waals surface area contributed by atoms with Crippen LogP contribution in [0, 0.1) is 22.7 Å². The number of hydrogen-bond donors (Lipinski definition) is 0. The Balaban J connectivity index is 0. The zero-order valence-electron chi connectivity index (χ0n) is 54.4. The lowest BCUT2D eigenvalue weighted by atomic mass is 9.76. The second-order valence-corrected chi connectivity index (χ2v) is 26.0. The molecule has 0 aromatic heterocycles. The first-order valence-electron chi connectivity index (χ1n) is 34.6. The first-order valence-corrected chi connectivity index (χ1v) is 34.6. The quantitative estimate of drug-likeness (QED) is 0.0262. The fraction of sp³-hybridized carbons (Fsp3) is 0.904. The van der Waals surface area contributed by atoms with E-state index < -0.39 is 0 Å². The molecular formula is C73H141NO5. The maximum Gasteiger partial charge on any atom is 0.306 e. The van der Waals surface area contributed by atoms with Crippen molar-refractivity contribution in [2.75, 3.05) is 26.3 Å². The van der Waals surface area contributed by atoms with Crippen molar-refractivity contribution >= 4 is 17.5 Å². The smallest absolute Gasteiger partial charge is 0.306 e. The van der Waals surface area contributed by atoms with Gasteiger partial charge in [-0.15, -0.1) is 6.58 Å². The number of hydrogen-bond acceptors (Lipinski definition) is 6. The van der Waals surface area contributed by atoms with Crippen molar-refractivity contribution in [3.8, 4) is 0 Å². The molecule has 0 spiro atoms. The molecule has 3 atom stereocenters. The molecule has 6 nitrogen and oxygen atoms in total. The Morgan fingerprint density at radius 1 is 0.557 bits per heavy atom. The number of nitrogens with zero attached hydrogens (tertiary/aromatic N) is 1. The van der Waals surface area contributed by atoms with E-state index in [1.165, 1.54) is 180 Å². The Morgan fingerprint density at radius 3 is 1.58 bits per heavy atom. The van der Waals surface area contributed by atoms with Gasteiger partial charge in [0.15, 0.2) is 5.78 Å². The molecule has 1 fully saturated rings. The van der Waals surface area contributed by atoms with Crippen molar-refractivity contribution in [2.24, 2.45) is 22.7 Å². The molecule has 0 amide bonds. The predicted molar refractivity (Wildman–Crippen MR) is 348 cm³/mol. The second kappa shape index (κ2) is 55.4. The Hall–Kier alpha value is -1.79. The molecule has 0 aliphatic carbocycles. The highest BCUT2D eigenvalue weighted by molar-refractivity contribution is 5.89. The van der Waals surface area contributed by atoms with Gasteiger partial charge < -0.3 is 9.47 Å². The molecule has 0 aromatic carbocycles. The summed E-state index contributed by atoms with van der Waals surface area (Å²) in [5, 5.41) is 0. The minimum Gasteiger partial charge on any atom is -0.462 e. The highest BCUT2D eigenvalue weighted by Crippen LogP contribution is 2.36. The lowest BCUT2D eigenvalue weighted by Crippen LogP contribution is -2.34. The van der Waals surface area contributed by atoms with Crippen LogP contribution in [-0.4, -0.2) is 60.9 Å². The zero-order chi connectivity index (χ0) is 57.8. The standard InChI is InChI=1S/C56H103NO5.C16H34.CH4/c1-9-13-17-19-22-28-34-53(35-29-23-20-18-14-10-2)62-54(60)36-30-24-21-27-33-45-61-48-51-46-50(47-57(51)44-32-26-25-31-40-55(6,7)49(5)58)37-38-52(59)39-43-56(8,41-15-11-3)42-16-12-4;1-4-7-10-13-16(14-11-8-5-2)15-12-9-6-3;/h11,37-38,50-51,53H,3,9-10,12-36,39-48H2,1-2,4-8H3;16H,4-15H2,1-3H3;1H4/t50-,51-,56?;;/m0../s1. The van der Waals surface area contributed by atoms with Crippen LogP contribution in [0.25, 0.3) is 0 Å².